The van der Waals surface area contributed by atoms with Crippen LogP contribution in [-0.2, 0) is 0 Å². The van der Waals surface area contributed by atoms with Gasteiger partial charge < -0.3 is 14.7 Å². The minimum atomic E-state index is 0.114. The third kappa shape index (κ3) is 5.05. The highest BCUT2D eigenvalue weighted by Crippen LogP contribution is 2.21. The molecule has 6 nitrogen and oxygen atoms in total. The molecule has 0 atom stereocenters. The van der Waals surface area contributed by atoms with E-state index in [0.717, 1.165) is 63.5 Å². The van der Waals surface area contributed by atoms with Crippen LogP contribution >= 0.6 is 0 Å². The molecule has 2 saturated heterocycles. The Morgan fingerprint density at radius 3 is 1.94 bits per heavy atom. The molecule has 0 saturated carbocycles. The highest BCUT2D eigenvalue weighted by atomic mass is 16.2. The summed E-state index contributed by atoms with van der Waals surface area (Å²) in [6, 6.07) is 18.6. The first kappa shape index (κ1) is 22.2. The number of piperazine rings is 1. The summed E-state index contributed by atoms with van der Waals surface area (Å²) in [4.78, 5) is 22.3. The monoisotopic (exact) mass is 431 g/mol. The summed E-state index contributed by atoms with van der Waals surface area (Å²) in [5.74, 6) is 0.114. The van der Waals surface area contributed by atoms with Crippen LogP contribution in [0, 0.1) is 11.3 Å². The van der Waals surface area contributed by atoms with Gasteiger partial charge in [0.2, 0.25) is 0 Å². The standard InChI is InChI=1S/C26H33N5O/c1-21(2)28-14-16-30(17-15-28)25-10-6-23(7-11-25)26(32)31-13-3-12-29(18-19-31)24-8-4-22(20-27)5-9-24/h4-11,21H,3,12-19H2,1-2H3. The lowest BCUT2D eigenvalue weighted by Gasteiger charge is -2.38. The summed E-state index contributed by atoms with van der Waals surface area (Å²) in [6.45, 7) is 11.9. The number of hydrogen-bond acceptors (Lipinski definition) is 5. The molecule has 2 aromatic carbocycles. The molecule has 2 heterocycles. The van der Waals surface area contributed by atoms with E-state index < -0.39 is 0 Å². The first-order chi connectivity index (χ1) is 15.5. The number of carbonyl (C=O) groups is 1. The Balaban J connectivity index is 1.34. The predicted octanol–water partition coefficient (Wildman–Crippen LogP) is 3.44. The average Bonchev–Trinajstić information content (AvgIpc) is 3.10. The number of anilines is 2. The summed E-state index contributed by atoms with van der Waals surface area (Å²) >= 11 is 0. The van der Waals surface area contributed by atoms with Gasteiger partial charge in [0.15, 0.2) is 0 Å². The van der Waals surface area contributed by atoms with E-state index in [9.17, 15) is 4.79 Å². The number of rotatable bonds is 4. The molecule has 0 bridgehead atoms. The number of nitriles is 1. The first-order valence-corrected chi connectivity index (χ1v) is 11.7. The van der Waals surface area contributed by atoms with Crippen LogP contribution in [-0.4, -0.2) is 74.1 Å². The molecule has 0 spiro atoms. The molecule has 6 heteroatoms. The lowest BCUT2D eigenvalue weighted by atomic mass is 10.1. The van der Waals surface area contributed by atoms with Gasteiger partial charge >= 0.3 is 0 Å². The highest BCUT2D eigenvalue weighted by molar-refractivity contribution is 5.94. The lowest BCUT2D eigenvalue weighted by molar-refractivity contribution is 0.0767. The van der Waals surface area contributed by atoms with Gasteiger partial charge in [0, 0.05) is 75.3 Å². The number of hydrogen-bond donors (Lipinski definition) is 0. The van der Waals surface area contributed by atoms with Crippen molar-refractivity contribution in [2.75, 3.05) is 62.2 Å². The fourth-order valence-electron chi connectivity index (χ4n) is 4.62. The Morgan fingerprint density at radius 2 is 1.34 bits per heavy atom. The van der Waals surface area contributed by atoms with Gasteiger partial charge in [-0.15, -0.1) is 0 Å². The molecular formula is C26H33N5O. The van der Waals surface area contributed by atoms with Crippen LogP contribution in [0.4, 0.5) is 11.4 Å². The molecule has 4 rings (SSSR count). The Kier molecular flexibility index (Phi) is 6.96. The molecule has 2 aliphatic rings. The van der Waals surface area contributed by atoms with E-state index >= 15 is 0 Å². The van der Waals surface area contributed by atoms with Crippen LogP contribution in [0.2, 0.25) is 0 Å². The van der Waals surface area contributed by atoms with Gasteiger partial charge in [0.05, 0.1) is 11.6 Å². The number of amides is 1. The zero-order valence-electron chi connectivity index (χ0n) is 19.2. The summed E-state index contributed by atoms with van der Waals surface area (Å²) in [6.07, 6.45) is 0.934. The fraction of sp³-hybridized carbons (Fsp3) is 0.462. The third-order valence-corrected chi connectivity index (χ3v) is 6.67. The molecule has 168 valence electrons. The number of carbonyl (C=O) groups excluding carboxylic acids is 1. The molecular weight excluding hydrogens is 398 g/mol. The van der Waals surface area contributed by atoms with Gasteiger partial charge in [-0.2, -0.15) is 5.26 Å². The topological polar surface area (TPSA) is 53.8 Å². The minimum Gasteiger partial charge on any atom is -0.370 e. The van der Waals surface area contributed by atoms with E-state index in [1.165, 1.54) is 5.69 Å². The maximum absolute atomic E-state index is 13.1. The summed E-state index contributed by atoms with van der Waals surface area (Å²) in [7, 11) is 0. The van der Waals surface area contributed by atoms with Gasteiger partial charge in [0.1, 0.15) is 0 Å². The summed E-state index contributed by atoms with van der Waals surface area (Å²) < 4.78 is 0. The molecule has 2 aromatic rings. The molecule has 2 aliphatic heterocycles. The third-order valence-electron chi connectivity index (χ3n) is 6.67. The van der Waals surface area contributed by atoms with E-state index in [1.54, 1.807) is 0 Å². The van der Waals surface area contributed by atoms with Crippen molar-refractivity contribution >= 4 is 17.3 Å². The summed E-state index contributed by atoms with van der Waals surface area (Å²) in [5, 5.41) is 9.00. The molecule has 0 aromatic heterocycles. The second-order valence-corrected chi connectivity index (χ2v) is 8.96. The SMILES string of the molecule is CC(C)N1CCN(c2ccc(C(=O)N3CCCN(c4ccc(C#N)cc4)CC3)cc2)CC1. The van der Waals surface area contributed by atoms with Crippen LogP contribution in [0.1, 0.15) is 36.2 Å². The maximum atomic E-state index is 13.1. The van der Waals surface area contributed by atoms with Crippen molar-refractivity contribution in [3.8, 4) is 6.07 Å². The van der Waals surface area contributed by atoms with Crippen molar-refractivity contribution in [2.45, 2.75) is 26.3 Å². The Labute approximate surface area is 191 Å². The minimum absolute atomic E-state index is 0.114. The predicted molar refractivity (Wildman–Crippen MR) is 129 cm³/mol. The second-order valence-electron chi connectivity index (χ2n) is 8.96. The Hall–Kier alpha value is -3.04. The van der Waals surface area contributed by atoms with Gasteiger partial charge in [-0.3, -0.25) is 9.69 Å². The van der Waals surface area contributed by atoms with Gasteiger partial charge in [-0.1, -0.05) is 0 Å². The van der Waals surface area contributed by atoms with E-state index in [4.69, 9.17) is 5.26 Å². The van der Waals surface area contributed by atoms with Crippen molar-refractivity contribution in [2.24, 2.45) is 0 Å². The van der Waals surface area contributed by atoms with Crippen LogP contribution in [0.3, 0.4) is 0 Å². The summed E-state index contributed by atoms with van der Waals surface area (Å²) in [5.41, 5.74) is 3.75. The first-order valence-electron chi connectivity index (χ1n) is 11.7. The molecule has 32 heavy (non-hydrogen) atoms. The second kappa shape index (κ2) is 10.1. The van der Waals surface area contributed by atoms with Gasteiger partial charge in [-0.25, -0.2) is 0 Å². The normalized spacial score (nSPS) is 17.9. The number of nitrogens with zero attached hydrogens (tertiary/aromatic N) is 5. The average molecular weight is 432 g/mol. The van der Waals surface area contributed by atoms with E-state index in [-0.39, 0.29) is 5.91 Å². The Bertz CT molecular complexity index is 940. The Morgan fingerprint density at radius 1 is 0.781 bits per heavy atom. The van der Waals surface area contributed by atoms with Gasteiger partial charge in [-0.05, 0) is 68.8 Å². The van der Waals surface area contributed by atoms with Gasteiger partial charge in [0.25, 0.3) is 5.91 Å². The fourth-order valence-corrected chi connectivity index (χ4v) is 4.62. The van der Waals surface area contributed by atoms with Crippen molar-refractivity contribution in [1.82, 2.24) is 9.80 Å². The van der Waals surface area contributed by atoms with Crippen molar-refractivity contribution in [3.05, 3.63) is 59.7 Å². The van der Waals surface area contributed by atoms with E-state index in [0.29, 0.717) is 18.2 Å². The van der Waals surface area contributed by atoms with Crippen LogP contribution in [0.15, 0.2) is 48.5 Å². The van der Waals surface area contributed by atoms with Crippen LogP contribution in [0.5, 0.6) is 0 Å². The smallest absolute Gasteiger partial charge is 0.253 e. The molecule has 2 fully saturated rings. The van der Waals surface area contributed by atoms with Crippen molar-refractivity contribution < 1.29 is 4.79 Å². The largest absolute Gasteiger partial charge is 0.370 e. The molecule has 0 radical (unpaired) electrons. The van der Waals surface area contributed by atoms with Crippen molar-refractivity contribution in [3.63, 3.8) is 0 Å². The molecule has 0 aliphatic carbocycles. The molecule has 0 unspecified atom stereocenters. The van der Waals surface area contributed by atoms with Crippen LogP contribution < -0.4 is 9.80 Å². The van der Waals surface area contributed by atoms with E-state index in [2.05, 4.69) is 46.7 Å². The van der Waals surface area contributed by atoms with Crippen LogP contribution in [0.25, 0.3) is 0 Å². The number of benzene rings is 2. The molecule has 0 N–H and O–H groups in total. The maximum Gasteiger partial charge on any atom is 0.253 e. The van der Waals surface area contributed by atoms with E-state index in [1.807, 2.05) is 41.3 Å². The van der Waals surface area contributed by atoms with Crippen molar-refractivity contribution in [1.29, 1.82) is 5.26 Å². The quantitative estimate of drug-likeness (QED) is 0.742. The zero-order chi connectivity index (χ0) is 22.5. The highest BCUT2D eigenvalue weighted by Gasteiger charge is 2.22. The lowest BCUT2D eigenvalue weighted by Crippen LogP contribution is -2.48. The molecule has 1 amide bonds. The zero-order valence-corrected chi connectivity index (χ0v) is 19.2.